The minimum absolute atomic E-state index is 0. The molecule has 0 radical (unpaired) electrons. The number of aliphatic carboxylic acids is 1. The fourth-order valence-corrected chi connectivity index (χ4v) is 0.731. The van der Waals surface area contributed by atoms with Crippen molar-refractivity contribution < 1.29 is 29.6 Å². The summed E-state index contributed by atoms with van der Waals surface area (Å²) in [5.41, 5.74) is 0. The molecule has 0 saturated heterocycles. The Labute approximate surface area is 132 Å². The van der Waals surface area contributed by atoms with Crippen molar-refractivity contribution in [2.75, 3.05) is 19.8 Å². The van der Waals surface area contributed by atoms with Crippen molar-refractivity contribution in [3.05, 3.63) is 0 Å². The van der Waals surface area contributed by atoms with Crippen LogP contribution in [0.2, 0.25) is 0 Å². The molecule has 7 heteroatoms. The molecule has 0 fully saturated rings. The molecule has 0 saturated carbocycles. The molecule has 6 nitrogen and oxygen atoms in total. The van der Waals surface area contributed by atoms with Crippen molar-refractivity contribution >= 4 is 29.1 Å². The first-order valence-corrected chi connectivity index (χ1v) is 6.34. The molecule has 0 unspecified atom stereocenters. The number of hydrogen-bond donors (Lipinski definition) is 0. The van der Waals surface area contributed by atoms with Gasteiger partial charge >= 0.3 is 17.4 Å². The summed E-state index contributed by atoms with van der Waals surface area (Å²) in [7, 11) is 0. The van der Waals surface area contributed by atoms with Gasteiger partial charge in [-0.3, -0.25) is 4.79 Å². The van der Waals surface area contributed by atoms with Crippen molar-refractivity contribution in [1.82, 2.24) is 0 Å². The number of carbonyl (C=O) groups excluding carboxylic acids is 2. The average molecular weight is 304 g/mol. The molecule has 116 valence electrons. The minimum Gasteiger partial charge on any atom is -0.853 e. The molecule has 20 heavy (non-hydrogen) atoms. The maximum atomic E-state index is 10.4. The summed E-state index contributed by atoms with van der Waals surface area (Å²) in [4.78, 5) is 20.2. The monoisotopic (exact) mass is 304 g/mol. The summed E-state index contributed by atoms with van der Waals surface area (Å²) < 4.78 is 4.67. The van der Waals surface area contributed by atoms with Crippen LogP contribution >= 0.6 is 0 Å². The summed E-state index contributed by atoms with van der Waals surface area (Å²) in [5, 5.41) is 28.8. The van der Waals surface area contributed by atoms with E-state index < -0.39 is 18.5 Å². The Morgan fingerprint density at radius 3 is 1.85 bits per heavy atom. The average Bonchev–Trinajstić information content (AvgIpc) is 2.25. The third kappa shape index (κ3) is 52.7. The van der Waals surface area contributed by atoms with Crippen LogP contribution in [0.3, 0.4) is 0 Å². The Kier molecular flexibility index (Phi) is 32.9. The van der Waals surface area contributed by atoms with Crippen molar-refractivity contribution in [3.63, 3.8) is 0 Å². The number of carboxylic acid groups (broad SMARTS) is 1. The number of carboxylic acids is 1. The Balaban J connectivity index is -0.000000102. The second kappa shape index (κ2) is 23.6. The van der Waals surface area contributed by atoms with Gasteiger partial charge in [0.1, 0.15) is 5.78 Å². The van der Waals surface area contributed by atoms with Gasteiger partial charge in [-0.1, -0.05) is 20.8 Å². The molecule has 0 aromatic rings. The first kappa shape index (κ1) is 27.8. The molecule has 0 bridgehead atoms. The maximum absolute atomic E-state index is 10.4. The second-order valence-electron chi connectivity index (χ2n) is 3.79. The summed E-state index contributed by atoms with van der Waals surface area (Å²) >= 11 is 0. The summed E-state index contributed by atoms with van der Waals surface area (Å²) in [6, 6.07) is 0. The van der Waals surface area contributed by atoms with Crippen LogP contribution in [0.5, 0.6) is 0 Å². The van der Waals surface area contributed by atoms with Gasteiger partial charge in [-0.15, -0.1) is 12.7 Å². The van der Waals surface area contributed by atoms with Gasteiger partial charge < -0.3 is 24.9 Å². The zero-order valence-electron chi connectivity index (χ0n) is 12.8. The zero-order valence-corrected chi connectivity index (χ0v) is 14.0. The molecule has 0 rings (SSSR count). The predicted molar refractivity (Wildman–Crippen MR) is 71.8 cm³/mol. The molecule has 0 aromatic heterocycles. The third-order valence-electron chi connectivity index (χ3n) is 1.30. The van der Waals surface area contributed by atoms with Crippen LogP contribution in [0.25, 0.3) is 0 Å². The van der Waals surface area contributed by atoms with Crippen molar-refractivity contribution in [2.24, 2.45) is 0 Å². The molecule has 0 aliphatic rings. The van der Waals surface area contributed by atoms with Crippen molar-refractivity contribution in [2.45, 2.75) is 53.1 Å². The van der Waals surface area contributed by atoms with Gasteiger partial charge in [0.05, 0.1) is 0 Å². The Morgan fingerprint density at radius 1 is 1.20 bits per heavy atom. The quantitative estimate of drug-likeness (QED) is 0.313. The number of ketones is 1. The Morgan fingerprint density at radius 2 is 1.65 bits per heavy atom. The molecule has 0 heterocycles. The van der Waals surface area contributed by atoms with Gasteiger partial charge in [0.2, 0.25) is 0 Å². The number of carbonyl (C=O) groups is 2. The predicted octanol–water partition coefficient (Wildman–Crippen LogP) is -1.75. The maximum Gasteiger partial charge on any atom is 3.00 e. The molecular formula is C13H25AlO6. The van der Waals surface area contributed by atoms with Crippen LogP contribution in [0.1, 0.15) is 47.0 Å². The number of hydrogen-bond acceptors (Lipinski definition) is 6. The molecule has 0 spiro atoms. The molecule has 0 aliphatic heterocycles. The molecular weight excluding hydrogens is 279 g/mol. The first-order valence-electron chi connectivity index (χ1n) is 6.34. The third-order valence-corrected chi connectivity index (χ3v) is 1.30. The van der Waals surface area contributed by atoms with E-state index in [0.29, 0.717) is 26.1 Å². The van der Waals surface area contributed by atoms with E-state index in [4.69, 9.17) is 0 Å². The summed E-state index contributed by atoms with van der Waals surface area (Å²) in [6.07, 6.45) is 0.188. The largest absolute Gasteiger partial charge is 3.00 e. The standard InChI is InChI=1S/C6H10O3.C4H9O2.C3H7O.Al/c1-2-3-5(7)4-6(8)9;1-2-6-4-3-5;1-3(2)4;/h2-4H2,1H3,(H,8,9);2-4H2,1H3;3H,1-2H3;/q;2*-1;+3/p-1. The zero-order chi connectivity index (χ0) is 15.7. The minimum atomic E-state index is -1.28. The van der Waals surface area contributed by atoms with E-state index in [0.717, 1.165) is 0 Å². The first-order chi connectivity index (χ1) is 8.81. The van der Waals surface area contributed by atoms with Crippen LogP contribution in [-0.2, 0) is 14.3 Å². The van der Waals surface area contributed by atoms with Crippen LogP contribution in [-0.4, -0.2) is 55.0 Å². The summed E-state index contributed by atoms with van der Waals surface area (Å²) in [5.74, 6) is -1.54. The summed E-state index contributed by atoms with van der Waals surface area (Å²) in [6.45, 7) is 7.81. The van der Waals surface area contributed by atoms with E-state index in [1.165, 1.54) is 0 Å². The van der Waals surface area contributed by atoms with Gasteiger partial charge in [-0.2, -0.15) is 0 Å². The fourth-order valence-electron chi connectivity index (χ4n) is 0.731. The molecule has 0 aromatic carbocycles. The van der Waals surface area contributed by atoms with Gasteiger partial charge in [-0.25, -0.2) is 0 Å². The SMILES string of the molecule is CC(C)[O-].CCCC(=O)CC(=O)[O-].CCOCC[O-].[Al+3]. The molecule has 0 amide bonds. The van der Waals surface area contributed by atoms with E-state index in [1.807, 2.05) is 13.8 Å². The van der Waals surface area contributed by atoms with E-state index >= 15 is 0 Å². The fraction of sp³-hybridized carbons (Fsp3) is 0.846. The van der Waals surface area contributed by atoms with Gasteiger partial charge in [-0.05, 0) is 13.3 Å². The van der Waals surface area contributed by atoms with Crippen LogP contribution in [0.15, 0.2) is 0 Å². The number of ether oxygens (including phenoxy) is 1. The van der Waals surface area contributed by atoms with Crippen molar-refractivity contribution in [3.8, 4) is 0 Å². The Bertz CT molecular complexity index is 202. The normalized spacial score (nSPS) is 8.55. The molecule has 0 N–H and O–H groups in total. The van der Waals surface area contributed by atoms with E-state index in [1.54, 1.807) is 13.8 Å². The van der Waals surface area contributed by atoms with Crippen molar-refractivity contribution in [1.29, 1.82) is 0 Å². The molecule has 0 aliphatic carbocycles. The van der Waals surface area contributed by atoms with E-state index in [-0.39, 0.29) is 29.8 Å². The van der Waals surface area contributed by atoms with Crippen LogP contribution < -0.4 is 15.3 Å². The molecule has 0 atom stereocenters. The second-order valence-corrected chi connectivity index (χ2v) is 3.79. The van der Waals surface area contributed by atoms with Gasteiger partial charge in [0, 0.05) is 32.0 Å². The smallest absolute Gasteiger partial charge is 0.853 e. The number of Topliss-reactive ketones (excluding diaryl/α,β-unsaturated/α-hetero) is 1. The van der Waals surface area contributed by atoms with Crippen LogP contribution in [0.4, 0.5) is 0 Å². The topological polar surface area (TPSA) is 113 Å². The van der Waals surface area contributed by atoms with E-state index in [9.17, 15) is 24.9 Å². The van der Waals surface area contributed by atoms with Gasteiger partial charge in [0.15, 0.2) is 0 Å². The van der Waals surface area contributed by atoms with Crippen LogP contribution in [0, 0.1) is 0 Å². The van der Waals surface area contributed by atoms with Gasteiger partial charge in [0.25, 0.3) is 0 Å². The van der Waals surface area contributed by atoms with E-state index in [2.05, 4.69) is 4.74 Å². The Hall–Kier alpha value is -0.448. The number of rotatable bonds is 7.